The molecule has 1 atom stereocenters. The summed E-state index contributed by atoms with van der Waals surface area (Å²) in [5.74, 6) is -1.39. The van der Waals surface area contributed by atoms with Crippen LogP contribution in [0.15, 0.2) is 0 Å². The number of esters is 1. The van der Waals surface area contributed by atoms with Gasteiger partial charge >= 0.3 is 18.0 Å². The molecule has 1 unspecified atom stereocenters. The van der Waals surface area contributed by atoms with E-state index in [2.05, 4.69) is 10.6 Å². The summed E-state index contributed by atoms with van der Waals surface area (Å²) in [5.41, 5.74) is -0.886. The number of nitrogens with one attached hydrogen (secondary N) is 2. The lowest BCUT2D eigenvalue weighted by Gasteiger charge is -2.33. The highest BCUT2D eigenvalue weighted by atomic mass is 16.5. The molecule has 0 aromatic rings. The molecule has 21 heavy (non-hydrogen) atoms. The van der Waals surface area contributed by atoms with Crippen molar-refractivity contribution < 1.29 is 24.2 Å². The minimum absolute atomic E-state index is 0.0731. The summed E-state index contributed by atoms with van der Waals surface area (Å²) in [5, 5.41) is 14.4. The summed E-state index contributed by atoms with van der Waals surface area (Å²) in [7, 11) is 0. The second-order valence-electron chi connectivity index (χ2n) is 5.45. The molecule has 120 valence electrons. The Hall–Kier alpha value is -1.79. The molecular weight excluding hydrogens is 276 g/mol. The van der Waals surface area contributed by atoms with Gasteiger partial charge in [0.2, 0.25) is 0 Å². The summed E-state index contributed by atoms with van der Waals surface area (Å²) in [6, 6.07) is -1.32. The first kappa shape index (κ1) is 17.3. The molecule has 3 N–H and O–H groups in total. The molecule has 0 aromatic carbocycles. The van der Waals surface area contributed by atoms with Gasteiger partial charge in [0.15, 0.2) is 0 Å². The standard InChI is InChI=1S/C14H24N2O5/c1-3-21-11(17)10(2)16-13(20)15-9-14(12(18)19)7-5-4-6-8-14/h10H,3-9H2,1-2H3,(H,18,19)(H2,15,16,20). The molecular formula is C14H24N2O5. The lowest BCUT2D eigenvalue weighted by molar-refractivity contribution is -0.150. The number of hydrogen-bond donors (Lipinski definition) is 3. The van der Waals surface area contributed by atoms with E-state index in [1.54, 1.807) is 6.92 Å². The minimum atomic E-state index is -0.886. The van der Waals surface area contributed by atoms with Crippen molar-refractivity contribution in [1.82, 2.24) is 10.6 Å². The second kappa shape index (κ2) is 7.85. The maximum atomic E-state index is 11.7. The van der Waals surface area contributed by atoms with E-state index in [0.717, 1.165) is 19.3 Å². The monoisotopic (exact) mass is 300 g/mol. The Morgan fingerprint density at radius 2 is 1.86 bits per heavy atom. The van der Waals surface area contributed by atoms with Crippen molar-refractivity contribution >= 4 is 18.0 Å². The van der Waals surface area contributed by atoms with Crippen molar-refractivity contribution in [3.63, 3.8) is 0 Å². The number of carboxylic acid groups (broad SMARTS) is 1. The third kappa shape index (κ3) is 4.91. The first-order valence-electron chi connectivity index (χ1n) is 7.35. The number of hydrogen-bond acceptors (Lipinski definition) is 4. The zero-order chi connectivity index (χ0) is 15.9. The van der Waals surface area contributed by atoms with Crippen molar-refractivity contribution in [2.24, 2.45) is 5.41 Å². The lowest BCUT2D eigenvalue weighted by atomic mass is 9.74. The SMILES string of the molecule is CCOC(=O)C(C)NC(=O)NCC1(C(=O)O)CCCCC1. The van der Waals surface area contributed by atoms with Gasteiger partial charge in [-0.05, 0) is 26.7 Å². The molecule has 0 bridgehead atoms. The van der Waals surface area contributed by atoms with Crippen molar-refractivity contribution in [2.45, 2.75) is 52.0 Å². The van der Waals surface area contributed by atoms with E-state index in [1.165, 1.54) is 6.92 Å². The summed E-state index contributed by atoms with van der Waals surface area (Å²) < 4.78 is 4.78. The smallest absolute Gasteiger partial charge is 0.328 e. The van der Waals surface area contributed by atoms with E-state index in [1.807, 2.05) is 0 Å². The van der Waals surface area contributed by atoms with E-state index < -0.39 is 29.4 Å². The summed E-state index contributed by atoms with van der Waals surface area (Å²) in [4.78, 5) is 34.6. The molecule has 0 spiro atoms. The van der Waals surface area contributed by atoms with E-state index in [-0.39, 0.29) is 13.2 Å². The van der Waals surface area contributed by atoms with E-state index >= 15 is 0 Å². The average Bonchev–Trinajstić information content (AvgIpc) is 2.46. The Kier molecular flexibility index (Phi) is 6.45. The van der Waals surface area contributed by atoms with Crippen molar-refractivity contribution in [2.75, 3.05) is 13.2 Å². The van der Waals surface area contributed by atoms with Crippen LogP contribution in [0, 0.1) is 5.41 Å². The van der Waals surface area contributed by atoms with E-state index in [0.29, 0.717) is 12.8 Å². The number of amides is 2. The van der Waals surface area contributed by atoms with Gasteiger partial charge in [-0.15, -0.1) is 0 Å². The molecule has 0 aliphatic heterocycles. The Bertz CT molecular complexity index is 391. The number of ether oxygens (including phenoxy) is 1. The Labute approximate surface area is 124 Å². The molecule has 1 rings (SSSR count). The summed E-state index contributed by atoms with van der Waals surface area (Å²) >= 11 is 0. The number of aliphatic carboxylic acids is 1. The van der Waals surface area contributed by atoms with Gasteiger partial charge < -0.3 is 20.5 Å². The van der Waals surface area contributed by atoms with Crippen LogP contribution in [0.3, 0.4) is 0 Å². The van der Waals surface area contributed by atoms with Gasteiger partial charge in [-0.25, -0.2) is 9.59 Å². The molecule has 1 aliphatic rings. The van der Waals surface area contributed by atoms with E-state index in [9.17, 15) is 19.5 Å². The molecule has 2 amide bonds. The topological polar surface area (TPSA) is 105 Å². The quantitative estimate of drug-likeness (QED) is 0.641. The van der Waals surface area contributed by atoms with Crippen LogP contribution in [0.5, 0.6) is 0 Å². The molecule has 0 radical (unpaired) electrons. The molecule has 7 heteroatoms. The Morgan fingerprint density at radius 1 is 1.24 bits per heavy atom. The highest BCUT2D eigenvalue weighted by molar-refractivity contribution is 5.83. The van der Waals surface area contributed by atoms with Gasteiger partial charge in [0.05, 0.1) is 12.0 Å². The third-order valence-corrected chi connectivity index (χ3v) is 3.84. The highest BCUT2D eigenvalue weighted by Crippen LogP contribution is 2.35. The highest BCUT2D eigenvalue weighted by Gasteiger charge is 2.39. The number of rotatable bonds is 6. The fraction of sp³-hybridized carbons (Fsp3) is 0.786. The predicted octanol–water partition coefficient (Wildman–Crippen LogP) is 1.27. The van der Waals surface area contributed by atoms with Gasteiger partial charge in [-0.2, -0.15) is 0 Å². The Morgan fingerprint density at radius 3 is 2.38 bits per heavy atom. The van der Waals surface area contributed by atoms with Gasteiger partial charge in [-0.1, -0.05) is 19.3 Å². The second-order valence-corrected chi connectivity index (χ2v) is 5.45. The first-order chi connectivity index (χ1) is 9.91. The van der Waals surface area contributed by atoms with Gasteiger partial charge in [0, 0.05) is 6.54 Å². The maximum absolute atomic E-state index is 11.7. The number of carbonyl (C=O) groups excluding carboxylic acids is 2. The number of carbonyl (C=O) groups is 3. The van der Waals surface area contributed by atoms with Gasteiger partial charge in [-0.3, -0.25) is 4.79 Å². The Balaban J connectivity index is 2.47. The van der Waals surface area contributed by atoms with Gasteiger partial charge in [0.25, 0.3) is 0 Å². The van der Waals surface area contributed by atoms with E-state index in [4.69, 9.17) is 4.74 Å². The van der Waals surface area contributed by atoms with Crippen LogP contribution in [-0.2, 0) is 14.3 Å². The van der Waals surface area contributed by atoms with Crippen LogP contribution in [0.2, 0.25) is 0 Å². The first-order valence-corrected chi connectivity index (χ1v) is 7.35. The van der Waals surface area contributed by atoms with Crippen molar-refractivity contribution in [1.29, 1.82) is 0 Å². The maximum Gasteiger partial charge on any atom is 0.328 e. The van der Waals surface area contributed by atoms with Gasteiger partial charge in [0.1, 0.15) is 6.04 Å². The molecule has 7 nitrogen and oxygen atoms in total. The molecule has 0 saturated heterocycles. The number of urea groups is 1. The van der Waals surface area contributed by atoms with Crippen LogP contribution in [0.4, 0.5) is 4.79 Å². The zero-order valence-electron chi connectivity index (χ0n) is 12.6. The van der Waals surface area contributed by atoms with Crippen molar-refractivity contribution in [3.05, 3.63) is 0 Å². The third-order valence-electron chi connectivity index (χ3n) is 3.84. The normalized spacial score (nSPS) is 18.4. The largest absolute Gasteiger partial charge is 0.481 e. The molecule has 0 heterocycles. The van der Waals surface area contributed by atoms with Crippen LogP contribution in [-0.4, -0.2) is 42.3 Å². The zero-order valence-corrected chi connectivity index (χ0v) is 12.6. The fourth-order valence-electron chi connectivity index (χ4n) is 2.52. The van der Waals surface area contributed by atoms with Crippen molar-refractivity contribution in [3.8, 4) is 0 Å². The van der Waals surface area contributed by atoms with Crippen LogP contribution in [0.1, 0.15) is 46.0 Å². The lowest BCUT2D eigenvalue weighted by Crippen LogP contribution is -2.50. The molecule has 1 saturated carbocycles. The summed E-state index contributed by atoms with van der Waals surface area (Å²) in [6.45, 7) is 3.52. The molecule has 0 aromatic heterocycles. The fourth-order valence-corrected chi connectivity index (χ4v) is 2.52. The number of carboxylic acids is 1. The predicted molar refractivity (Wildman–Crippen MR) is 75.8 cm³/mol. The molecule has 1 fully saturated rings. The average molecular weight is 300 g/mol. The van der Waals surface area contributed by atoms with Crippen LogP contribution in [0.25, 0.3) is 0 Å². The minimum Gasteiger partial charge on any atom is -0.481 e. The van der Waals surface area contributed by atoms with Crippen LogP contribution < -0.4 is 10.6 Å². The molecule has 1 aliphatic carbocycles. The van der Waals surface area contributed by atoms with Crippen LogP contribution >= 0.6 is 0 Å². The summed E-state index contributed by atoms with van der Waals surface area (Å²) in [6.07, 6.45) is 3.87.